The summed E-state index contributed by atoms with van der Waals surface area (Å²) in [6.45, 7) is 1.72. The molecule has 92 valence electrons. The van der Waals surface area contributed by atoms with Gasteiger partial charge in [-0.25, -0.2) is 4.79 Å². The Balaban J connectivity index is 2.38. The topological polar surface area (TPSA) is 63.6 Å². The molecule has 4 heteroatoms. The first-order valence-electron chi connectivity index (χ1n) is 5.58. The summed E-state index contributed by atoms with van der Waals surface area (Å²) >= 11 is 0. The fourth-order valence-electron chi connectivity index (χ4n) is 1.62. The van der Waals surface area contributed by atoms with Crippen LogP contribution in [-0.2, 0) is 4.79 Å². The Kier molecular flexibility index (Phi) is 3.28. The molecule has 1 N–H and O–H groups in total. The first kappa shape index (κ1) is 12.1. The van der Waals surface area contributed by atoms with E-state index < -0.39 is 5.97 Å². The highest BCUT2D eigenvalue weighted by Crippen LogP contribution is 2.22. The Morgan fingerprint density at radius 3 is 2.44 bits per heavy atom. The number of aromatic carboxylic acids is 1. The standard InChI is InChI=1S/C14H12O4/c1-2-13(15)18-12-6-5-9-7-11(14(16)17)4-3-10(9)8-12/h3-8H,2H2,1H3,(H,16,17). The first-order valence-corrected chi connectivity index (χ1v) is 5.58. The average Bonchev–Trinajstić information content (AvgIpc) is 2.37. The molecule has 0 aliphatic heterocycles. The van der Waals surface area contributed by atoms with Crippen LogP contribution in [0.1, 0.15) is 23.7 Å². The lowest BCUT2D eigenvalue weighted by Crippen LogP contribution is -2.05. The summed E-state index contributed by atoms with van der Waals surface area (Å²) in [5, 5.41) is 10.5. The van der Waals surface area contributed by atoms with Crippen LogP contribution in [0.15, 0.2) is 36.4 Å². The second-order valence-corrected chi connectivity index (χ2v) is 3.86. The monoisotopic (exact) mass is 244 g/mol. The van der Waals surface area contributed by atoms with Crippen LogP contribution >= 0.6 is 0 Å². The van der Waals surface area contributed by atoms with E-state index in [0.29, 0.717) is 12.2 Å². The molecule has 2 rings (SSSR count). The maximum Gasteiger partial charge on any atom is 0.335 e. The molecule has 0 unspecified atom stereocenters. The number of esters is 1. The third kappa shape index (κ3) is 2.48. The van der Waals surface area contributed by atoms with E-state index in [1.54, 1.807) is 37.3 Å². The van der Waals surface area contributed by atoms with E-state index in [2.05, 4.69) is 0 Å². The smallest absolute Gasteiger partial charge is 0.335 e. The molecule has 4 nitrogen and oxygen atoms in total. The van der Waals surface area contributed by atoms with Crippen molar-refractivity contribution in [2.75, 3.05) is 0 Å². The highest BCUT2D eigenvalue weighted by atomic mass is 16.5. The molecule has 0 spiro atoms. The summed E-state index contributed by atoms with van der Waals surface area (Å²) in [5.74, 6) is -0.785. The van der Waals surface area contributed by atoms with Crippen LogP contribution in [0, 0.1) is 0 Å². The van der Waals surface area contributed by atoms with Crippen LogP contribution < -0.4 is 4.74 Å². The van der Waals surface area contributed by atoms with Gasteiger partial charge in [0.25, 0.3) is 0 Å². The lowest BCUT2D eigenvalue weighted by molar-refractivity contribution is -0.134. The summed E-state index contributed by atoms with van der Waals surface area (Å²) in [6.07, 6.45) is 0.315. The van der Waals surface area contributed by atoms with Crippen molar-refractivity contribution >= 4 is 22.7 Å². The van der Waals surface area contributed by atoms with Gasteiger partial charge in [-0.05, 0) is 35.0 Å². The molecule has 2 aromatic carbocycles. The van der Waals surface area contributed by atoms with Crippen LogP contribution in [0.4, 0.5) is 0 Å². The number of carboxylic acids is 1. The van der Waals surface area contributed by atoms with Crippen molar-refractivity contribution < 1.29 is 19.4 Å². The van der Waals surface area contributed by atoms with Gasteiger partial charge in [-0.15, -0.1) is 0 Å². The summed E-state index contributed by atoms with van der Waals surface area (Å²) < 4.78 is 5.09. The molecule has 0 aliphatic rings. The summed E-state index contributed by atoms with van der Waals surface area (Å²) in [5.41, 5.74) is 0.237. The number of fused-ring (bicyclic) bond motifs is 1. The van der Waals surface area contributed by atoms with Crippen molar-refractivity contribution in [1.29, 1.82) is 0 Å². The second-order valence-electron chi connectivity index (χ2n) is 3.86. The SMILES string of the molecule is CCC(=O)Oc1ccc2cc(C(=O)O)ccc2c1. The molecule has 0 fully saturated rings. The lowest BCUT2D eigenvalue weighted by Gasteiger charge is -2.05. The Labute approximate surface area is 104 Å². The van der Waals surface area contributed by atoms with E-state index in [1.165, 1.54) is 6.07 Å². The molecule has 2 aromatic rings. The molecular weight excluding hydrogens is 232 g/mol. The van der Waals surface area contributed by atoms with Crippen LogP contribution in [0.5, 0.6) is 5.75 Å². The molecular formula is C14H12O4. The number of carbonyl (C=O) groups is 2. The fraction of sp³-hybridized carbons (Fsp3) is 0.143. The van der Waals surface area contributed by atoms with E-state index in [-0.39, 0.29) is 11.5 Å². The number of benzene rings is 2. The number of ether oxygens (including phenoxy) is 1. The van der Waals surface area contributed by atoms with Gasteiger partial charge in [-0.3, -0.25) is 4.79 Å². The van der Waals surface area contributed by atoms with Gasteiger partial charge < -0.3 is 9.84 Å². The van der Waals surface area contributed by atoms with Crippen LogP contribution in [0.3, 0.4) is 0 Å². The van der Waals surface area contributed by atoms with Gasteiger partial charge in [-0.2, -0.15) is 0 Å². The average molecular weight is 244 g/mol. The largest absolute Gasteiger partial charge is 0.478 e. The van der Waals surface area contributed by atoms with Crippen LogP contribution in [0.25, 0.3) is 10.8 Å². The van der Waals surface area contributed by atoms with Crippen LogP contribution in [-0.4, -0.2) is 17.0 Å². The zero-order chi connectivity index (χ0) is 13.1. The van der Waals surface area contributed by atoms with E-state index in [0.717, 1.165) is 10.8 Å². The summed E-state index contributed by atoms with van der Waals surface area (Å²) in [7, 11) is 0. The first-order chi connectivity index (χ1) is 8.60. The predicted octanol–water partition coefficient (Wildman–Crippen LogP) is 2.85. The third-order valence-corrected chi connectivity index (χ3v) is 2.58. The van der Waals surface area contributed by atoms with Gasteiger partial charge in [0.1, 0.15) is 5.75 Å². The minimum atomic E-state index is -0.960. The van der Waals surface area contributed by atoms with Gasteiger partial charge >= 0.3 is 11.9 Å². The molecule has 0 radical (unpaired) electrons. The third-order valence-electron chi connectivity index (χ3n) is 2.58. The molecule has 0 atom stereocenters. The molecule has 0 amide bonds. The molecule has 18 heavy (non-hydrogen) atoms. The highest BCUT2D eigenvalue weighted by Gasteiger charge is 2.06. The van der Waals surface area contributed by atoms with E-state index in [1.807, 2.05) is 0 Å². The summed E-state index contributed by atoms with van der Waals surface area (Å²) in [6, 6.07) is 9.91. The van der Waals surface area contributed by atoms with Gasteiger partial charge in [0, 0.05) is 6.42 Å². The Morgan fingerprint density at radius 1 is 1.11 bits per heavy atom. The van der Waals surface area contributed by atoms with Crippen molar-refractivity contribution in [3.63, 3.8) is 0 Å². The molecule has 0 aromatic heterocycles. The summed E-state index contributed by atoms with van der Waals surface area (Å²) in [4.78, 5) is 22.0. The van der Waals surface area contributed by atoms with Crippen molar-refractivity contribution in [2.45, 2.75) is 13.3 Å². The van der Waals surface area contributed by atoms with Gasteiger partial charge in [0.2, 0.25) is 0 Å². The van der Waals surface area contributed by atoms with Crippen molar-refractivity contribution in [2.24, 2.45) is 0 Å². The zero-order valence-electron chi connectivity index (χ0n) is 9.84. The highest BCUT2D eigenvalue weighted by molar-refractivity contribution is 5.94. The zero-order valence-corrected chi connectivity index (χ0v) is 9.84. The molecule has 0 heterocycles. The number of rotatable bonds is 3. The van der Waals surface area contributed by atoms with E-state index >= 15 is 0 Å². The Morgan fingerprint density at radius 2 is 1.78 bits per heavy atom. The number of carboxylic acid groups (broad SMARTS) is 1. The quantitative estimate of drug-likeness (QED) is 0.666. The predicted molar refractivity (Wildman–Crippen MR) is 66.8 cm³/mol. The number of hydrogen-bond acceptors (Lipinski definition) is 3. The van der Waals surface area contributed by atoms with Crippen molar-refractivity contribution in [3.8, 4) is 5.75 Å². The molecule has 0 bridgehead atoms. The minimum absolute atomic E-state index is 0.237. The van der Waals surface area contributed by atoms with Crippen molar-refractivity contribution in [3.05, 3.63) is 42.0 Å². The molecule has 0 saturated heterocycles. The molecule has 0 saturated carbocycles. The maximum absolute atomic E-state index is 11.2. The van der Waals surface area contributed by atoms with Gasteiger partial charge in [-0.1, -0.05) is 19.1 Å². The van der Waals surface area contributed by atoms with Crippen LogP contribution in [0.2, 0.25) is 0 Å². The van der Waals surface area contributed by atoms with Gasteiger partial charge in [0.15, 0.2) is 0 Å². The van der Waals surface area contributed by atoms with Crippen molar-refractivity contribution in [1.82, 2.24) is 0 Å². The fourth-order valence-corrected chi connectivity index (χ4v) is 1.62. The van der Waals surface area contributed by atoms with E-state index in [9.17, 15) is 9.59 Å². The van der Waals surface area contributed by atoms with E-state index in [4.69, 9.17) is 9.84 Å². The minimum Gasteiger partial charge on any atom is -0.478 e. The lowest BCUT2D eigenvalue weighted by atomic mass is 10.1. The van der Waals surface area contributed by atoms with Gasteiger partial charge in [0.05, 0.1) is 5.56 Å². The number of carbonyl (C=O) groups excluding carboxylic acids is 1. The Hall–Kier alpha value is -2.36. The molecule has 0 aliphatic carbocycles. The Bertz CT molecular complexity index is 616. The second kappa shape index (κ2) is 4.87. The maximum atomic E-state index is 11.2. The number of hydrogen-bond donors (Lipinski definition) is 1. The normalized spacial score (nSPS) is 10.3.